The van der Waals surface area contributed by atoms with Crippen molar-refractivity contribution in [3.8, 4) is 68.6 Å². The summed E-state index contributed by atoms with van der Waals surface area (Å²) in [6, 6.07) is 4.70. The maximum Gasteiger partial charge on any atom is 0.330 e. The van der Waals surface area contributed by atoms with Crippen molar-refractivity contribution < 1.29 is 168 Å². The van der Waals surface area contributed by atoms with E-state index in [1.165, 1.54) is 51.2 Å². The number of hydrogen-bond acceptors (Lipinski definition) is 35. The first kappa shape index (κ1) is 93.4. The van der Waals surface area contributed by atoms with Crippen LogP contribution >= 0.6 is 34.8 Å². The van der Waals surface area contributed by atoms with Crippen LogP contribution in [0.2, 0.25) is 15.1 Å². The largest absolute Gasteiger partial charge is 0.508 e. The van der Waals surface area contributed by atoms with Gasteiger partial charge in [-0.05, 0) is 133 Å². The second-order valence-electron chi connectivity index (χ2n) is 31.3. The first-order valence-electron chi connectivity index (χ1n) is 39.7. The van der Waals surface area contributed by atoms with Gasteiger partial charge in [-0.2, -0.15) is 0 Å². The average Bonchev–Trinajstić information content (AvgIpc) is 0.760. The molecule has 45 heteroatoms. The van der Waals surface area contributed by atoms with Crippen LogP contribution in [0.1, 0.15) is 102 Å². The standard InChI is InChI=1S/C83H89Cl3N8O34/c1-27-61(101)42(87)24-52(119-27)126-71-32-8-14-46(40(85)18-32)122-48-20-34-21-49(73(48)128-83-70(110)67(107)64(104)51(26-96)125-83)123-47-15-9-33(19-41(47)86)72(127-82-69(109)66(106)63(103)50(25-95)124-82)60(93-74(111)54(88-3)29-4-10-36(11-5-29)121-81-68(108)65(105)62(102)28(2)120-81)78(115)90-56(31-7-13-44(99)39(84)17-31)75(112)91-57(34)77(114)89-55-30-6-12-43(98)37(16-30)53-38(22-35(97)23-45(53)100)58(80(117)118)92-79(116)59(71)94-76(55)113/h4-23,27-28,42,50-52,54-72,81-83,88,95-110H,24-26,87H2,1-3H3,(H,89,114)(H,90,115)(H,91,112)(H,92,116)(H,93,111)(H,94,113)(H,117,118). The number of aliphatic carboxylic acids is 1. The van der Waals surface area contributed by atoms with Gasteiger partial charge in [0.25, 0.3) is 0 Å². The molecule has 0 radical (unpaired) electrons. The number of amides is 6. The number of likely N-dealkylation sites (N-methyl/N-ethyl adjacent to an activating group) is 1. The summed E-state index contributed by atoms with van der Waals surface area (Å²) < 4.78 is 62.3. The zero-order valence-corrected chi connectivity index (χ0v) is 69.4. The molecule has 6 amide bonds. The van der Waals surface area contributed by atoms with Gasteiger partial charge in [0.05, 0.1) is 46.6 Å². The molecular weight excluding hydrogens is 1760 g/mol. The van der Waals surface area contributed by atoms with Crippen LogP contribution in [0.5, 0.6) is 57.5 Å². The molecule has 9 aliphatic heterocycles. The number of halogens is 3. The van der Waals surface area contributed by atoms with Crippen molar-refractivity contribution in [2.75, 3.05) is 20.3 Å². The molecule has 28 unspecified atom stereocenters. The third-order valence-corrected chi connectivity index (χ3v) is 23.7. The maximum absolute atomic E-state index is 16.7. The number of carboxylic acids is 1. The topological polar surface area (TPSA) is 666 Å². The first-order chi connectivity index (χ1) is 60.8. The van der Waals surface area contributed by atoms with Gasteiger partial charge in [-0.1, -0.05) is 71.2 Å². The highest BCUT2D eigenvalue weighted by atomic mass is 35.5. The van der Waals surface area contributed by atoms with Gasteiger partial charge >= 0.3 is 5.97 Å². The summed E-state index contributed by atoms with van der Waals surface area (Å²) in [4.78, 5) is 111. The molecule has 9 aliphatic rings. The number of benzene rings is 7. The van der Waals surface area contributed by atoms with Crippen LogP contribution in [-0.4, -0.2) is 277 Å². The fourth-order valence-electron chi connectivity index (χ4n) is 15.8. The Morgan fingerprint density at radius 3 is 1.56 bits per heavy atom. The minimum Gasteiger partial charge on any atom is -0.508 e. The van der Waals surface area contributed by atoms with Crippen LogP contribution in [0.15, 0.2) is 121 Å². The number of ether oxygens (including phenoxy) is 10. The molecule has 686 valence electrons. The fraction of sp³-hybridized carbons (Fsp3) is 0.410. The Labute approximate surface area is 739 Å². The summed E-state index contributed by atoms with van der Waals surface area (Å²) in [5, 5.41) is 206. The number of hydrogen-bond donors (Lipinski definition) is 25. The predicted octanol–water partition coefficient (Wildman–Crippen LogP) is -1.07. The Morgan fingerprint density at radius 2 is 1.00 bits per heavy atom. The normalized spacial score (nSPS) is 32.3. The van der Waals surface area contributed by atoms with Crippen molar-refractivity contribution in [2.24, 2.45) is 5.73 Å². The van der Waals surface area contributed by atoms with Crippen LogP contribution in [0.25, 0.3) is 11.1 Å². The predicted molar refractivity (Wildman–Crippen MR) is 434 cm³/mol. The third kappa shape index (κ3) is 19.0. The number of fused-ring (bicyclic) bond motifs is 15. The minimum absolute atomic E-state index is 0.0121. The van der Waals surface area contributed by atoms with Crippen molar-refractivity contribution in [1.29, 1.82) is 0 Å². The number of nitrogens with one attached hydrogen (secondary N) is 7. The number of nitrogens with two attached hydrogens (primary N) is 1. The highest BCUT2D eigenvalue weighted by molar-refractivity contribution is 6.33. The Hall–Kier alpha value is -10.7. The Bertz CT molecular complexity index is 5350. The zero-order valence-electron chi connectivity index (χ0n) is 67.1. The molecule has 0 aliphatic carbocycles. The minimum atomic E-state index is -2.50. The van der Waals surface area contributed by atoms with E-state index in [1.54, 1.807) is 0 Å². The van der Waals surface area contributed by atoms with Gasteiger partial charge in [-0.15, -0.1) is 0 Å². The van der Waals surface area contributed by atoms with Gasteiger partial charge in [0, 0.05) is 35.2 Å². The molecule has 0 aromatic heterocycles. The van der Waals surface area contributed by atoms with Crippen LogP contribution in [-0.2, 0) is 62.0 Å². The second kappa shape index (κ2) is 38.5. The van der Waals surface area contributed by atoms with Gasteiger partial charge in [0.15, 0.2) is 30.1 Å². The average molecular weight is 1850 g/mol. The van der Waals surface area contributed by atoms with Gasteiger partial charge in [0.1, 0.15) is 156 Å². The quantitative estimate of drug-likeness (QED) is 0.0548. The van der Waals surface area contributed by atoms with Gasteiger partial charge in [-0.25, -0.2) is 4.79 Å². The lowest BCUT2D eigenvalue weighted by Gasteiger charge is -2.42. The van der Waals surface area contributed by atoms with E-state index in [9.17, 15) is 91.6 Å². The summed E-state index contributed by atoms with van der Waals surface area (Å²) >= 11 is 21.3. The number of phenols is 4. The molecule has 0 spiro atoms. The van der Waals surface area contributed by atoms with Crippen molar-refractivity contribution in [3.63, 3.8) is 0 Å². The first-order valence-corrected chi connectivity index (χ1v) is 40.8. The Morgan fingerprint density at radius 1 is 0.492 bits per heavy atom. The number of carbonyl (C=O) groups is 7. The van der Waals surface area contributed by atoms with E-state index >= 15 is 28.8 Å². The molecule has 128 heavy (non-hydrogen) atoms. The summed E-state index contributed by atoms with van der Waals surface area (Å²) in [6.07, 6.45) is -37.0. The summed E-state index contributed by atoms with van der Waals surface area (Å²) in [5.41, 5.74) is 2.89. The van der Waals surface area contributed by atoms with Crippen molar-refractivity contribution >= 4 is 76.2 Å². The van der Waals surface area contributed by atoms with E-state index in [0.29, 0.717) is 0 Å². The van der Waals surface area contributed by atoms with Crippen LogP contribution in [0, 0.1) is 0 Å². The molecule has 42 nitrogen and oxygen atoms in total. The lowest BCUT2D eigenvalue weighted by Crippen LogP contribution is -2.61. The number of aromatic hydroxyl groups is 4. The number of carboxylic acid groups (broad SMARTS) is 1. The number of rotatable bonds is 16. The SMILES string of the molecule is CNC(C(=O)NC1C(=O)NC(c2ccc(O)c(Cl)c2)C(=O)NC2C(=O)NC3C(=O)NC(C(=O)NC(C(=O)O)c4cc(O)cc(O)c4-c4cc3ccc4O)C(OC3CC(N)C(O)C(C)O3)c3ccc(c(Cl)c3)Oc3cc2cc(c3OC2OC(CO)C(O)C(O)C2O)Oc2ccc(cc2Cl)C1OC1OC(CO)C(O)C(O)C1O)c1ccc(OC2OC(C)C(O)C(O)C2O)cc1. The zero-order chi connectivity index (χ0) is 92.2. The highest BCUT2D eigenvalue weighted by Gasteiger charge is 2.52. The molecule has 0 saturated carbocycles. The molecule has 16 rings (SSSR count). The summed E-state index contributed by atoms with van der Waals surface area (Å²) in [6.45, 7) is 0.761. The van der Waals surface area contributed by atoms with Crippen LogP contribution < -0.4 is 61.9 Å². The van der Waals surface area contributed by atoms with Crippen molar-refractivity contribution in [3.05, 3.63) is 175 Å². The molecule has 9 heterocycles. The van der Waals surface area contributed by atoms with Crippen molar-refractivity contribution in [2.45, 2.75) is 191 Å². The molecule has 28 atom stereocenters. The Balaban J connectivity index is 0.993. The van der Waals surface area contributed by atoms with Gasteiger partial charge in [-0.3, -0.25) is 28.8 Å². The van der Waals surface area contributed by atoms with E-state index in [4.69, 9.17) is 87.9 Å². The molecular formula is C83H89Cl3N8O34. The summed E-state index contributed by atoms with van der Waals surface area (Å²) in [7, 11) is 1.31. The molecule has 7 aromatic carbocycles. The van der Waals surface area contributed by atoms with E-state index in [-0.39, 0.29) is 28.9 Å². The van der Waals surface area contributed by atoms with Gasteiger partial charge in [0.2, 0.25) is 53.8 Å². The Kier molecular flexibility index (Phi) is 28.1. The fourth-order valence-corrected chi connectivity index (χ4v) is 16.4. The maximum atomic E-state index is 16.7. The number of carbonyl (C=O) groups excluding carboxylic acids is 6. The summed E-state index contributed by atoms with van der Waals surface area (Å²) in [5.74, 6) is -16.8. The number of aliphatic hydroxyl groups excluding tert-OH is 12. The van der Waals surface area contributed by atoms with E-state index < -0.39 is 326 Å². The lowest BCUT2D eigenvalue weighted by molar-refractivity contribution is -0.313. The van der Waals surface area contributed by atoms with E-state index in [2.05, 4.69) is 37.2 Å². The molecule has 7 aromatic rings. The monoisotopic (exact) mass is 1850 g/mol. The highest BCUT2D eigenvalue weighted by Crippen LogP contribution is 2.51. The number of aliphatic hydroxyl groups is 12. The third-order valence-electron chi connectivity index (χ3n) is 22.8. The molecule has 26 N–H and O–H groups in total. The molecule has 11 bridgehead atoms. The smallest absolute Gasteiger partial charge is 0.330 e. The van der Waals surface area contributed by atoms with Crippen LogP contribution in [0.3, 0.4) is 0 Å². The van der Waals surface area contributed by atoms with Gasteiger partial charge < -0.3 is 177 Å². The van der Waals surface area contributed by atoms with Crippen molar-refractivity contribution in [1.82, 2.24) is 37.2 Å². The second-order valence-corrected chi connectivity index (χ2v) is 32.5. The number of phenolic OH excluding ortho intramolecular Hbond substituents is 4. The lowest BCUT2D eigenvalue weighted by atomic mass is 9.89. The van der Waals surface area contributed by atoms with Crippen LogP contribution in [0.4, 0.5) is 0 Å². The van der Waals surface area contributed by atoms with E-state index in [1.807, 2.05) is 0 Å². The molecule has 4 fully saturated rings. The molecule has 4 saturated heterocycles. The van der Waals surface area contributed by atoms with E-state index in [0.717, 1.165) is 91.0 Å².